The van der Waals surface area contributed by atoms with Gasteiger partial charge in [0.1, 0.15) is 11.4 Å². The second-order valence-electron chi connectivity index (χ2n) is 5.06. The van der Waals surface area contributed by atoms with Crippen molar-refractivity contribution < 1.29 is 18.0 Å². The van der Waals surface area contributed by atoms with Gasteiger partial charge in [0, 0.05) is 6.54 Å². The van der Waals surface area contributed by atoms with Crippen LogP contribution < -0.4 is 5.32 Å². The van der Waals surface area contributed by atoms with Gasteiger partial charge in [0.25, 0.3) is 15.9 Å². The predicted octanol–water partition coefficient (Wildman–Crippen LogP) is 0.357. The van der Waals surface area contributed by atoms with Crippen LogP contribution in [0.4, 0.5) is 0 Å². The first-order valence-corrected chi connectivity index (χ1v) is 7.87. The van der Waals surface area contributed by atoms with Crippen LogP contribution in [0, 0.1) is 5.92 Å². The first-order valence-electron chi connectivity index (χ1n) is 6.43. The molecule has 0 bridgehead atoms. The molecule has 20 heavy (non-hydrogen) atoms. The van der Waals surface area contributed by atoms with Crippen LogP contribution in [-0.2, 0) is 14.8 Å². The molecule has 106 valence electrons. The molecule has 0 spiro atoms. The lowest BCUT2D eigenvalue weighted by atomic mass is 10.2. The van der Waals surface area contributed by atoms with Crippen LogP contribution in [0.3, 0.4) is 0 Å². The molecule has 1 heterocycles. The van der Waals surface area contributed by atoms with Gasteiger partial charge in [-0.05, 0) is 30.9 Å². The first-order chi connectivity index (χ1) is 9.50. The summed E-state index contributed by atoms with van der Waals surface area (Å²) in [5, 5.41) is 2.66. The average Bonchev–Trinajstić information content (AvgIpc) is 3.23. The van der Waals surface area contributed by atoms with Gasteiger partial charge in [-0.25, -0.2) is 12.7 Å². The summed E-state index contributed by atoms with van der Waals surface area (Å²) in [5.74, 6) is -0.578. The minimum atomic E-state index is -3.89. The molecule has 2 amide bonds. The van der Waals surface area contributed by atoms with E-state index >= 15 is 0 Å². The van der Waals surface area contributed by atoms with Gasteiger partial charge in [-0.15, -0.1) is 0 Å². The van der Waals surface area contributed by atoms with E-state index in [1.54, 1.807) is 12.1 Å². The summed E-state index contributed by atoms with van der Waals surface area (Å²) in [6, 6.07) is 5.99. The number of fused-ring (bicyclic) bond motifs is 1. The van der Waals surface area contributed by atoms with E-state index < -0.39 is 28.4 Å². The zero-order chi connectivity index (χ0) is 14.3. The molecule has 3 rings (SSSR count). The summed E-state index contributed by atoms with van der Waals surface area (Å²) >= 11 is 0. The third-order valence-corrected chi connectivity index (χ3v) is 5.27. The smallest absolute Gasteiger partial charge is 0.269 e. The molecule has 2 aliphatic rings. The van der Waals surface area contributed by atoms with Crippen LogP contribution in [-0.4, -0.2) is 37.6 Å². The molecule has 7 heteroatoms. The maximum absolute atomic E-state index is 12.2. The van der Waals surface area contributed by atoms with Gasteiger partial charge in [-0.1, -0.05) is 12.1 Å². The zero-order valence-electron chi connectivity index (χ0n) is 10.7. The SMILES string of the molecule is O=C(CN1C(=O)c2ccccc2S1(=O)=O)NCC1CC1. The lowest BCUT2D eigenvalue weighted by molar-refractivity contribution is -0.121. The Hall–Kier alpha value is -1.89. The highest BCUT2D eigenvalue weighted by molar-refractivity contribution is 7.90. The average molecular weight is 294 g/mol. The molecule has 1 N–H and O–H groups in total. The lowest BCUT2D eigenvalue weighted by Crippen LogP contribution is -2.40. The maximum Gasteiger partial charge on any atom is 0.269 e. The van der Waals surface area contributed by atoms with Crippen LogP contribution in [0.25, 0.3) is 0 Å². The minimum absolute atomic E-state index is 0.0278. The van der Waals surface area contributed by atoms with Crippen molar-refractivity contribution >= 4 is 21.8 Å². The van der Waals surface area contributed by atoms with Crippen LogP contribution in [0.5, 0.6) is 0 Å². The van der Waals surface area contributed by atoms with E-state index in [0.29, 0.717) is 16.8 Å². The number of carbonyl (C=O) groups is 2. The number of hydrogen-bond donors (Lipinski definition) is 1. The monoisotopic (exact) mass is 294 g/mol. The van der Waals surface area contributed by atoms with E-state index in [0.717, 1.165) is 12.8 Å². The quantitative estimate of drug-likeness (QED) is 0.869. The molecule has 1 saturated carbocycles. The zero-order valence-corrected chi connectivity index (χ0v) is 11.5. The molecule has 6 nitrogen and oxygen atoms in total. The van der Waals surface area contributed by atoms with Crippen molar-refractivity contribution in [1.29, 1.82) is 0 Å². The molecule has 1 aliphatic heterocycles. The normalized spacial score (nSPS) is 19.8. The molecule has 1 aliphatic carbocycles. The third kappa shape index (κ3) is 2.18. The molecule has 1 aromatic carbocycles. The number of nitrogens with one attached hydrogen (secondary N) is 1. The third-order valence-electron chi connectivity index (χ3n) is 3.48. The van der Waals surface area contributed by atoms with Crippen molar-refractivity contribution in [1.82, 2.24) is 9.62 Å². The molecule has 1 aromatic rings. The molecule has 1 fully saturated rings. The lowest BCUT2D eigenvalue weighted by Gasteiger charge is -2.14. The van der Waals surface area contributed by atoms with E-state index in [-0.39, 0.29) is 10.5 Å². The molecule has 0 unspecified atom stereocenters. The van der Waals surface area contributed by atoms with Crippen LogP contribution in [0.15, 0.2) is 29.2 Å². The van der Waals surface area contributed by atoms with Crippen molar-refractivity contribution in [2.45, 2.75) is 17.7 Å². The number of sulfonamides is 1. The number of carbonyl (C=O) groups excluding carboxylic acids is 2. The van der Waals surface area contributed by atoms with Crippen LogP contribution in [0.2, 0.25) is 0 Å². The maximum atomic E-state index is 12.2. The fraction of sp³-hybridized carbons (Fsp3) is 0.385. The summed E-state index contributed by atoms with van der Waals surface area (Å²) < 4.78 is 25.1. The number of nitrogens with zero attached hydrogens (tertiary/aromatic N) is 1. The van der Waals surface area contributed by atoms with Crippen molar-refractivity contribution in [3.8, 4) is 0 Å². The Labute approximate surface area is 116 Å². The van der Waals surface area contributed by atoms with E-state index in [4.69, 9.17) is 0 Å². The fourth-order valence-corrected chi connectivity index (χ4v) is 3.68. The van der Waals surface area contributed by atoms with Crippen molar-refractivity contribution in [3.63, 3.8) is 0 Å². The fourth-order valence-electron chi connectivity index (χ4n) is 2.15. The predicted molar refractivity (Wildman–Crippen MR) is 70.4 cm³/mol. The highest BCUT2D eigenvalue weighted by atomic mass is 32.2. The van der Waals surface area contributed by atoms with E-state index in [2.05, 4.69) is 5.32 Å². The summed E-state index contributed by atoms with van der Waals surface area (Å²) in [6.07, 6.45) is 2.18. The first kappa shape index (κ1) is 13.1. The number of amides is 2. The minimum Gasteiger partial charge on any atom is -0.354 e. The Bertz CT molecular complexity index is 679. The second kappa shape index (κ2) is 4.59. The van der Waals surface area contributed by atoms with Crippen molar-refractivity contribution in [2.24, 2.45) is 5.92 Å². The van der Waals surface area contributed by atoms with Gasteiger partial charge in [-0.2, -0.15) is 0 Å². The summed E-state index contributed by atoms with van der Waals surface area (Å²) in [7, 11) is -3.89. The number of rotatable bonds is 4. The standard InChI is InChI=1S/C13H14N2O4S/c16-12(14-7-9-5-6-9)8-15-13(17)10-3-1-2-4-11(10)20(15,18)19/h1-4,9H,5-8H2,(H,14,16). The molecule has 0 aromatic heterocycles. The summed E-state index contributed by atoms with van der Waals surface area (Å²) in [6.45, 7) is 0.0937. The van der Waals surface area contributed by atoms with Gasteiger partial charge < -0.3 is 5.32 Å². The Morgan fingerprint density at radius 2 is 2.00 bits per heavy atom. The molecule has 0 radical (unpaired) electrons. The van der Waals surface area contributed by atoms with Gasteiger partial charge in [0.15, 0.2) is 0 Å². The topological polar surface area (TPSA) is 83.6 Å². The Balaban J connectivity index is 1.77. The van der Waals surface area contributed by atoms with Crippen molar-refractivity contribution in [2.75, 3.05) is 13.1 Å². The molecular formula is C13H14N2O4S. The Kier molecular flexibility index (Phi) is 3.01. The molecule has 0 saturated heterocycles. The van der Waals surface area contributed by atoms with Gasteiger partial charge in [0.05, 0.1) is 5.56 Å². The van der Waals surface area contributed by atoms with Crippen LogP contribution >= 0.6 is 0 Å². The Morgan fingerprint density at radius 3 is 2.65 bits per heavy atom. The van der Waals surface area contributed by atoms with Gasteiger partial charge in [-0.3, -0.25) is 9.59 Å². The summed E-state index contributed by atoms with van der Waals surface area (Å²) in [5.41, 5.74) is 0.127. The second-order valence-corrected chi connectivity index (χ2v) is 6.89. The largest absolute Gasteiger partial charge is 0.354 e. The van der Waals surface area contributed by atoms with Crippen LogP contribution in [0.1, 0.15) is 23.2 Å². The van der Waals surface area contributed by atoms with Gasteiger partial charge in [0.2, 0.25) is 5.91 Å². The number of benzene rings is 1. The molecular weight excluding hydrogens is 280 g/mol. The highest BCUT2D eigenvalue weighted by Crippen LogP contribution is 2.30. The number of hydrogen-bond acceptors (Lipinski definition) is 4. The Morgan fingerprint density at radius 1 is 1.30 bits per heavy atom. The van der Waals surface area contributed by atoms with E-state index in [1.807, 2.05) is 0 Å². The highest BCUT2D eigenvalue weighted by Gasteiger charge is 2.41. The van der Waals surface area contributed by atoms with Gasteiger partial charge >= 0.3 is 0 Å². The summed E-state index contributed by atoms with van der Waals surface area (Å²) in [4.78, 5) is 23.8. The van der Waals surface area contributed by atoms with Crippen molar-refractivity contribution in [3.05, 3.63) is 29.8 Å². The van der Waals surface area contributed by atoms with E-state index in [9.17, 15) is 18.0 Å². The van der Waals surface area contributed by atoms with E-state index in [1.165, 1.54) is 12.1 Å². The molecule has 0 atom stereocenters.